The van der Waals surface area contributed by atoms with Gasteiger partial charge in [-0.1, -0.05) is 25.1 Å². The highest BCUT2D eigenvalue weighted by Crippen LogP contribution is 2.37. The van der Waals surface area contributed by atoms with E-state index >= 15 is 0 Å². The molecule has 6 nitrogen and oxygen atoms in total. The number of nitrogens with two attached hydrogens (primary N) is 1. The van der Waals surface area contributed by atoms with Crippen LogP contribution in [0.5, 0.6) is 17.2 Å². The molecule has 1 aliphatic rings. The van der Waals surface area contributed by atoms with Gasteiger partial charge in [-0.3, -0.25) is 4.90 Å². The van der Waals surface area contributed by atoms with Crippen molar-refractivity contribution >= 4 is 10.9 Å². The summed E-state index contributed by atoms with van der Waals surface area (Å²) in [5.41, 5.74) is 10.8. The van der Waals surface area contributed by atoms with Crippen LogP contribution in [0.15, 0.2) is 66.9 Å². The average molecular weight is 582 g/mol. The zero-order valence-electron chi connectivity index (χ0n) is 24.1. The minimum absolute atomic E-state index is 0.163. The first kappa shape index (κ1) is 29.8. The number of hydrogen-bond acceptors (Lipinski definition) is 5. The SMILES string of the molecule is CCc1cc(OC(F)(F)F)ccc1-c1cn(CCCN)c2ccc(CN3CCC(Oc4cccc(OC)c4)CC3)cc12. The van der Waals surface area contributed by atoms with Gasteiger partial charge in [-0.05, 0) is 85.3 Å². The minimum Gasteiger partial charge on any atom is -0.497 e. The Morgan fingerprint density at radius 2 is 1.71 bits per heavy atom. The van der Waals surface area contributed by atoms with Gasteiger partial charge in [-0.2, -0.15) is 0 Å². The van der Waals surface area contributed by atoms with E-state index in [1.54, 1.807) is 13.2 Å². The van der Waals surface area contributed by atoms with Crippen LogP contribution in [0.3, 0.4) is 0 Å². The highest BCUT2D eigenvalue weighted by molar-refractivity contribution is 5.97. The average Bonchev–Trinajstić information content (AvgIpc) is 3.33. The third-order valence-electron chi connectivity index (χ3n) is 7.81. The minimum atomic E-state index is -4.73. The summed E-state index contributed by atoms with van der Waals surface area (Å²) in [5, 5.41) is 1.08. The van der Waals surface area contributed by atoms with Crippen molar-refractivity contribution in [3.8, 4) is 28.4 Å². The van der Waals surface area contributed by atoms with E-state index in [1.807, 2.05) is 31.2 Å². The number of aryl methyl sites for hydroxylation is 2. The summed E-state index contributed by atoms with van der Waals surface area (Å²) in [7, 11) is 1.65. The van der Waals surface area contributed by atoms with E-state index < -0.39 is 6.36 Å². The molecule has 4 aromatic rings. The van der Waals surface area contributed by atoms with Gasteiger partial charge < -0.3 is 24.5 Å². The standard InChI is InChI=1S/C33H38F3N3O3/c1-3-24-19-28(42-33(34,35)36)9-10-29(24)31-22-39(15-5-14-37)32-11-8-23(18-30(31)32)21-38-16-12-25(13-17-38)41-27-7-4-6-26(20-27)40-2/h4,6-11,18-20,22,25H,3,5,12-17,21,37H2,1-2H3. The Hall–Kier alpha value is -3.69. The maximum atomic E-state index is 12.9. The first-order valence-corrected chi connectivity index (χ1v) is 14.5. The quantitative estimate of drug-likeness (QED) is 0.204. The molecule has 0 atom stereocenters. The molecule has 0 aliphatic carbocycles. The van der Waals surface area contributed by atoms with E-state index in [4.69, 9.17) is 15.2 Å². The summed E-state index contributed by atoms with van der Waals surface area (Å²) in [4.78, 5) is 2.44. The van der Waals surface area contributed by atoms with Crippen LogP contribution < -0.4 is 19.9 Å². The number of rotatable bonds is 11. The largest absolute Gasteiger partial charge is 0.573 e. The lowest BCUT2D eigenvalue weighted by Gasteiger charge is -2.32. The molecule has 0 radical (unpaired) electrons. The fourth-order valence-electron chi connectivity index (χ4n) is 5.74. The number of fused-ring (bicyclic) bond motifs is 1. The van der Waals surface area contributed by atoms with Gasteiger partial charge in [-0.25, -0.2) is 0 Å². The number of aromatic nitrogens is 1. The normalized spacial score (nSPS) is 14.8. The Morgan fingerprint density at radius 3 is 2.43 bits per heavy atom. The maximum absolute atomic E-state index is 12.9. The van der Waals surface area contributed by atoms with Crippen molar-refractivity contribution < 1.29 is 27.4 Å². The van der Waals surface area contributed by atoms with Crippen LogP contribution in [-0.4, -0.2) is 48.7 Å². The summed E-state index contributed by atoms with van der Waals surface area (Å²) in [5.74, 6) is 1.41. The zero-order valence-corrected chi connectivity index (χ0v) is 24.1. The van der Waals surface area contributed by atoms with Gasteiger partial charge in [0.05, 0.1) is 7.11 Å². The summed E-state index contributed by atoms with van der Waals surface area (Å²) in [6, 6.07) is 18.9. The van der Waals surface area contributed by atoms with Gasteiger partial charge in [0.2, 0.25) is 0 Å². The molecular formula is C33H38F3N3O3. The molecule has 0 spiro atoms. The van der Waals surface area contributed by atoms with Crippen LogP contribution in [0, 0.1) is 0 Å². The number of ether oxygens (including phenoxy) is 3. The molecule has 224 valence electrons. The third-order valence-corrected chi connectivity index (χ3v) is 7.81. The van der Waals surface area contributed by atoms with Crippen molar-refractivity contribution in [2.75, 3.05) is 26.7 Å². The van der Waals surface area contributed by atoms with E-state index in [1.165, 1.54) is 17.7 Å². The topological polar surface area (TPSA) is 61.9 Å². The number of alkyl halides is 3. The molecule has 1 saturated heterocycles. The summed E-state index contributed by atoms with van der Waals surface area (Å²) in [6.45, 7) is 5.96. The van der Waals surface area contributed by atoms with Crippen LogP contribution in [0.4, 0.5) is 13.2 Å². The molecule has 3 aromatic carbocycles. The zero-order chi connectivity index (χ0) is 29.7. The second-order valence-electron chi connectivity index (χ2n) is 10.7. The molecule has 0 unspecified atom stereocenters. The summed E-state index contributed by atoms with van der Waals surface area (Å²) < 4.78 is 56.5. The highest BCUT2D eigenvalue weighted by atomic mass is 19.4. The van der Waals surface area contributed by atoms with E-state index in [9.17, 15) is 13.2 Å². The van der Waals surface area contributed by atoms with E-state index in [0.29, 0.717) is 13.0 Å². The Balaban J connectivity index is 1.35. The molecule has 1 aromatic heterocycles. The molecule has 0 bridgehead atoms. The van der Waals surface area contributed by atoms with Crippen molar-refractivity contribution in [1.29, 1.82) is 0 Å². The molecule has 9 heteroatoms. The predicted octanol–water partition coefficient (Wildman–Crippen LogP) is 7.17. The van der Waals surface area contributed by atoms with Crippen LogP contribution in [0.2, 0.25) is 0 Å². The van der Waals surface area contributed by atoms with Crippen molar-refractivity contribution in [3.05, 3.63) is 78.0 Å². The number of hydrogen-bond donors (Lipinski definition) is 1. The number of likely N-dealkylation sites (tertiary alicyclic amines) is 1. The number of halogens is 3. The Labute approximate surface area is 244 Å². The Morgan fingerprint density at radius 1 is 0.929 bits per heavy atom. The van der Waals surface area contributed by atoms with E-state index in [-0.39, 0.29) is 11.9 Å². The smallest absolute Gasteiger partial charge is 0.497 e. The number of nitrogens with zero attached hydrogens (tertiary/aromatic N) is 2. The van der Waals surface area contributed by atoms with Crippen LogP contribution >= 0.6 is 0 Å². The second kappa shape index (κ2) is 13.1. The van der Waals surface area contributed by atoms with Gasteiger partial charge in [0, 0.05) is 54.9 Å². The molecule has 2 heterocycles. The van der Waals surface area contributed by atoms with Crippen LogP contribution in [-0.2, 0) is 19.5 Å². The van der Waals surface area contributed by atoms with Crippen molar-refractivity contribution in [2.24, 2.45) is 5.73 Å². The molecule has 42 heavy (non-hydrogen) atoms. The first-order chi connectivity index (χ1) is 20.3. The molecule has 1 aliphatic heterocycles. The van der Waals surface area contributed by atoms with Gasteiger partial charge in [0.15, 0.2) is 0 Å². The van der Waals surface area contributed by atoms with Gasteiger partial charge in [0.25, 0.3) is 0 Å². The van der Waals surface area contributed by atoms with E-state index in [2.05, 4.69) is 38.6 Å². The highest BCUT2D eigenvalue weighted by Gasteiger charge is 2.31. The van der Waals surface area contributed by atoms with Gasteiger partial charge >= 0.3 is 6.36 Å². The third kappa shape index (κ3) is 7.20. The van der Waals surface area contributed by atoms with Crippen molar-refractivity contribution in [3.63, 3.8) is 0 Å². The van der Waals surface area contributed by atoms with Crippen LogP contribution in [0.1, 0.15) is 37.3 Å². The molecule has 5 rings (SSSR count). The lowest BCUT2D eigenvalue weighted by molar-refractivity contribution is -0.274. The van der Waals surface area contributed by atoms with E-state index in [0.717, 1.165) is 84.5 Å². The molecular weight excluding hydrogens is 543 g/mol. The first-order valence-electron chi connectivity index (χ1n) is 14.5. The Bertz CT molecular complexity index is 1490. The monoisotopic (exact) mass is 581 g/mol. The molecule has 1 fully saturated rings. The molecule has 0 saturated carbocycles. The fourth-order valence-corrected chi connectivity index (χ4v) is 5.74. The number of benzene rings is 3. The van der Waals surface area contributed by atoms with Crippen LogP contribution in [0.25, 0.3) is 22.0 Å². The lowest BCUT2D eigenvalue weighted by Crippen LogP contribution is -2.37. The van der Waals surface area contributed by atoms with Crippen molar-refractivity contribution in [2.45, 2.75) is 58.2 Å². The summed E-state index contributed by atoms with van der Waals surface area (Å²) >= 11 is 0. The molecule has 2 N–H and O–H groups in total. The maximum Gasteiger partial charge on any atom is 0.573 e. The van der Waals surface area contributed by atoms with Crippen molar-refractivity contribution in [1.82, 2.24) is 9.47 Å². The second-order valence-corrected chi connectivity index (χ2v) is 10.7. The Kier molecular flexibility index (Phi) is 9.28. The van der Waals surface area contributed by atoms with Gasteiger partial charge in [0.1, 0.15) is 23.4 Å². The lowest BCUT2D eigenvalue weighted by atomic mass is 9.96. The summed E-state index contributed by atoms with van der Waals surface area (Å²) in [6.07, 6.45) is 0.817. The number of piperidine rings is 1. The molecule has 0 amide bonds. The number of methoxy groups -OCH3 is 1. The predicted molar refractivity (Wildman–Crippen MR) is 159 cm³/mol. The fraction of sp³-hybridized carbons (Fsp3) is 0.394. The van der Waals surface area contributed by atoms with Gasteiger partial charge in [-0.15, -0.1) is 13.2 Å².